The van der Waals surface area contributed by atoms with Crippen molar-refractivity contribution in [2.75, 3.05) is 13.2 Å². The highest BCUT2D eigenvalue weighted by molar-refractivity contribution is 5.80. The minimum Gasteiger partial charge on any atom is -0.454 e. The number of carbonyl (C=O) groups excluding carboxylic acids is 2. The molecule has 0 radical (unpaired) electrons. The Hall–Kier alpha value is -3.68. The Morgan fingerprint density at radius 1 is 0.554 bits per heavy atom. The number of rotatable bonds is 47. The highest BCUT2D eigenvalue weighted by Crippen LogP contribution is 2.26. The molecule has 11 nitrogen and oxygen atoms in total. The van der Waals surface area contributed by atoms with Gasteiger partial charge >= 0.3 is 5.97 Å². The van der Waals surface area contributed by atoms with Gasteiger partial charge in [-0.05, 0) is 89.9 Å². The third kappa shape index (κ3) is 38.0. The van der Waals surface area contributed by atoms with Crippen molar-refractivity contribution in [1.29, 1.82) is 0 Å². The van der Waals surface area contributed by atoms with E-state index in [1.165, 1.54) is 44.9 Å². The van der Waals surface area contributed by atoms with Crippen LogP contribution in [0.4, 0.5) is 0 Å². The van der Waals surface area contributed by atoms with Crippen molar-refractivity contribution in [3.63, 3.8) is 0 Å². The summed E-state index contributed by atoms with van der Waals surface area (Å²) >= 11 is 0. The molecule has 1 heterocycles. The number of esters is 1. The summed E-state index contributed by atoms with van der Waals surface area (Å²) in [4.78, 5) is 26.5. The van der Waals surface area contributed by atoms with Crippen molar-refractivity contribution in [1.82, 2.24) is 5.32 Å². The molecule has 1 aliphatic heterocycles. The van der Waals surface area contributed by atoms with E-state index in [0.29, 0.717) is 12.8 Å². The lowest BCUT2D eigenvalue weighted by Crippen LogP contribution is -2.61. The Morgan fingerprint density at radius 2 is 1.04 bits per heavy atom. The largest absolute Gasteiger partial charge is 0.454 e. The van der Waals surface area contributed by atoms with Crippen LogP contribution in [0, 0.1) is 0 Å². The van der Waals surface area contributed by atoms with Crippen molar-refractivity contribution in [2.24, 2.45) is 0 Å². The molecule has 0 aromatic heterocycles. The van der Waals surface area contributed by atoms with Gasteiger partial charge in [0, 0.05) is 6.42 Å². The van der Waals surface area contributed by atoms with E-state index in [2.05, 4.69) is 99.0 Å². The van der Waals surface area contributed by atoms with Gasteiger partial charge in [0.1, 0.15) is 24.4 Å². The van der Waals surface area contributed by atoms with Gasteiger partial charge in [0.2, 0.25) is 5.91 Å². The molecule has 1 amide bonds. The average molecular weight is 1040 g/mol. The fraction of sp³-hybridized carbons (Fsp3) is 0.683. The number of ether oxygens (including phenoxy) is 3. The number of nitrogens with one attached hydrogen (secondary N) is 1. The van der Waals surface area contributed by atoms with Crippen LogP contribution >= 0.6 is 0 Å². The van der Waals surface area contributed by atoms with Crippen LogP contribution in [-0.2, 0) is 23.8 Å². The smallest absolute Gasteiger partial charge is 0.306 e. The van der Waals surface area contributed by atoms with E-state index in [9.17, 15) is 35.1 Å². The molecular formula is C63H105NO10. The van der Waals surface area contributed by atoms with Crippen LogP contribution in [0.2, 0.25) is 0 Å². The summed E-state index contributed by atoms with van der Waals surface area (Å²) in [7, 11) is 0. The molecule has 0 saturated carbocycles. The van der Waals surface area contributed by atoms with E-state index in [1.807, 2.05) is 30.4 Å². The highest BCUT2D eigenvalue weighted by atomic mass is 16.7. The second kappa shape index (κ2) is 50.2. The molecule has 8 unspecified atom stereocenters. The van der Waals surface area contributed by atoms with E-state index in [0.717, 1.165) is 122 Å². The van der Waals surface area contributed by atoms with Crippen LogP contribution in [0.15, 0.2) is 109 Å². The Bertz CT molecular complexity index is 1610. The van der Waals surface area contributed by atoms with Gasteiger partial charge in [-0.25, -0.2) is 0 Å². The van der Waals surface area contributed by atoms with Crippen LogP contribution in [0.5, 0.6) is 0 Å². The highest BCUT2D eigenvalue weighted by Gasteiger charge is 2.47. The fourth-order valence-electron chi connectivity index (χ4n) is 8.38. The molecule has 0 aromatic carbocycles. The summed E-state index contributed by atoms with van der Waals surface area (Å²) in [6, 6.07) is -1.04. The second-order valence-corrected chi connectivity index (χ2v) is 19.7. The SMILES string of the molecule is CC/C=C\C/C=C\C/C=C\C/C=C\C/C=C\CCCCCCCC(=O)OC1C(OCC(NC(=O)C(O)CCCCCC\C=C/C=C/C=C/CC)C(O)/C=C/CCCCCCCCCCCC)OC(CO)C(O)C1O. The van der Waals surface area contributed by atoms with Gasteiger partial charge in [-0.2, -0.15) is 0 Å². The van der Waals surface area contributed by atoms with Crippen LogP contribution < -0.4 is 5.32 Å². The molecule has 0 bridgehead atoms. The molecule has 1 fully saturated rings. The summed E-state index contributed by atoms with van der Waals surface area (Å²) in [6.07, 6.45) is 57.0. The predicted octanol–water partition coefficient (Wildman–Crippen LogP) is 13.3. The summed E-state index contributed by atoms with van der Waals surface area (Å²) in [6.45, 7) is 5.49. The van der Waals surface area contributed by atoms with Crippen molar-refractivity contribution in [3.05, 3.63) is 109 Å². The molecule has 74 heavy (non-hydrogen) atoms. The predicted molar refractivity (Wildman–Crippen MR) is 305 cm³/mol. The quantitative estimate of drug-likeness (QED) is 0.0149. The Labute approximate surface area is 449 Å². The molecule has 0 aromatic rings. The minimum absolute atomic E-state index is 0.0925. The lowest BCUT2D eigenvalue weighted by atomic mass is 9.99. The van der Waals surface area contributed by atoms with Gasteiger partial charge in [-0.15, -0.1) is 0 Å². The third-order valence-electron chi connectivity index (χ3n) is 13.0. The number of aliphatic hydroxyl groups excluding tert-OH is 5. The maximum absolute atomic E-state index is 13.3. The third-order valence-corrected chi connectivity index (χ3v) is 13.0. The van der Waals surface area contributed by atoms with Crippen molar-refractivity contribution in [3.8, 4) is 0 Å². The Morgan fingerprint density at radius 3 is 1.61 bits per heavy atom. The Balaban J connectivity index is 2.71. The first-order valence-electron chi connectivity index (χ1n) is 29.2. The number of hydrogen-bond donors (Lipinski definition) is 6. The van der Waals surface area contributed by atoms with Crippen LogP contribution in [0.25, 0.3) is 0 Å². The maximum atomic E-state index is 13.3. The van der Waals surface area contributed by atoms with E-state index in [1.54, 1.807) is 6.08 Å². The maximum Gasteiger partial charge on any atom is 0.306 e. The zero-order valence-corrected chi connectivity index (χ0v) is 46.4. The van der Waals surface area contributed by atoms with Gasteiger partial charge in [-0.3, -0.25) is 9.59 Å². The minimum atomic E-state index is -1.63. The lowest BCUT2D eigenvalue weighted by Gasteiger charge is -2.41. The van der Waals surface area contributed by atoms with Crippen molar-refractivity contribution >= 4 is 11.9 Å². The summed E-state index contributed by atoms with van der Waals surface area (Å²) < 4.78 is 17.6. The Kier molecular flexibility index (Phi) is 46.3. The lowest BCUT2D eigenvalue weighted by molar-refractivity contribution is -0.305. The average Bonchev–Trinajstić information content (AvgIpc) is 3.40. The standard InChI is InChI=1S/C63H105NO10/c1-4-7-10-13-16-19-22-25-26-27-28-29-30-31-32-33-36-39-42-45-48-51-58(68)74-61-60(70)59(69)57(52-65)73-63(61)72-53-54(55(66)49-46-43-40-37-34-23-20-17-14-11-8-5-2)64-62(71)56(67)50-47-44-41-38-35-24-21-18-15-12-9-6-3/h7,9-10,12,15-16,18-19,21,24-26,28-29,31-32,46,49,54-57,59-61,63,65-67,69-70H,4-6,8,11,13-14,17,20,22-23,27,30,33-45,47-48,50-53H2,1-3H3,(H,64,71)/b10-7-,12-9+,18-15+,19-16-,24-21-,26-25-,29-28-,32-31-,49-46+. The van der Waals surface area contributed by atoms with E-state index < -0.39 is 67.4 Å². The molecule has 0 spiro atoms. The number of aliphatic hydroxyl groups is 5. The number of allylic oxidation sites excluding steroid dienone is 17. The molecule has 1 saturated heterocycles. The monoisotopic (exact) mass is 1040 g/mol. The van der Waals surface area contributed by atoms with Crippen LogP contribution in [0.3, 0.4) is 0 Å². The van der Waals surface area contributed by atoms with E-state index in [4.69, 9.17) is 14.2 Å². The zero-order valence-electron chi connectivity index (χ0n) is 46.4. The first kappa shape index (κ1) is 68.3. The number of amides is 1. The first-order chi connectivity index (χ1) is 36.2. The van der Waals surface area contributed by atoms with Crippen LogP contribution in [-0.4, -0.2) is 99.6 Å². The zero-order chi connectivity index (χ0) is 54.0. The molecular weight excluding hydrogens is 931 g/mol. The number of carbonyl (C=O) groups is 2. The molecule has 11 heteroatoms. The van der Waals surface area contributed by atoms with Crippen molar-refractivity contribution in [2.45, 2.75) is 262 Å². The summed E-state index contributed by atoms with van der Waals surface area (Å²) in [5.41, 5.74) is 0. The molecule has 1 aliphatic rings. The first-order valence-corrected chi connectivity index (χ1v) is 29.2. The van der Waals surface area contributed by atoms with Gasteiger partial charge in [-0.1, -0.05) is 226 Å². The van der Waals surface area contributed by atoms with Gasteiger partial charge in [0.25, 0.3) is 0 Å². The second-order valence-electron chi connectivity index (χ2n) is 19.7. The van der Waals surface area contributed by atoms with Gasteiger partial charge < -0.3 is 45.1 Å². The summed E-state index contributed by atoms with van der Waals surface area (Å²) in [5.74, 6) is -1.25. The van der Waals surface area contributed by atoms with Crippen molar-refractivity contribution < 1.29 is 49.3 Å². The molecule has 6 N–H and O–H groups in total. The number of hydrogen-bond acceptors (Lipinski definition) is 10. The molecule has 422 valence electrons. The van der Waals surface area contributed by atoms with Gasteiger partial charge in [0.15, 0.2) is 12.4 Å². The topological polar surface area (TPSA) is 175 Å². The fourth-order valence-corrected chi connectivity index (χ4v) is 8.38. The molecule has 1 rings (SSSR count). The number of unbranched alkanes of at least 4 members (excludes halogenated alkanes) is 19. The molecule has 8 atom stereocenters. The van der Waals surface area contributed by atoms with E-state index >= 15 is 0 Å². The van der Waals surface area contributed by atoms with Gasteiger partial charge in [0.05, 0.1) is 25.4 Å². The summed E-state index contributed by atoms with van der Waals surface area (Å²) in [5, 5.41) is 56.8. The van der Waals surface area contributed by atoms with E-state index in [-0.39, 0.29) is 19.4 Å². The molecule has 0 aliphatic carbocycles. The van der Waals surface area contributed by atoms with Crippen LogP contribution in [0.1, 0.15) is 213 Å². The normalized spacial score (nSPS) is 20.1.